The number of rotatable bonds is 6. The minimum atomic E-state index is -0.107. The van der Waals surface area contributed by atoms with Gasteiger partial charge in [-0.2, -0.15) is 0 Å². The molecular formula is C25H24N4O2S. The zero-order valence-corrected chi connectivity index (χ0v) is 18.4. The molecule has 0 saturated carbocycles. The lowest BCUT2D eigenvalue weighted by Crippen LogP contribution is -2.36. The van der Waals surface area contributed by atoms with Gasteiger partial charge < -0.3 is 19.9 Å². The van der Waals surface area contributed by atoms with Crippen LogP contribution in [0.4, 0.5) is 11.4 Å². The molecule has 0 atom stereocenters. The third kappa shape index (κ3) is 4.64. The summed E-state index contributed by atoms with van der Waals surface area (Å²) < 4.78 is 5.44. The zero-order chi connectivity index (χ0) is 21.8. The highest BCUT2D eigenvalue weighted by atomic mass is 32.2. The molecule has 0 bridgehead atoms. The summed E-state index contributed by atoms with van der Waals surface area (Å²) in [6.07, 6.45) is 0. The predicted octanol–water partition coefficient (Wildman–Crippen LogP) is 4.94. The van der Waals surface area contributed by atoms with E-state index >= 15 is 0 Å². The molecule has 7 heteroatoms. The monoisotopic (exact) mass is 444 g/mol. The van der Waals surface area contributed by atoms with Gasteiger partial charge in [-0.15, -0.1) is 0 Å². The summed E-state index contributed by atoms with van der Waals surface area (Å²) in [7, 11) is 0. The Hall–Kier alpha value is -3.29. The molecule has 0 radical (unpaired) electrons. The van der Waals surface area contributed by atoms with Gasteiger partial charge in [-0.3, -0.25) is 4.79 Å². The predicted molar refractivity (Wildman–Crippen MR) is 130 cm³/mol. The van der Waals surface area contributed by atoms with Crippen molar-refractivity contribution < 1.29 is 9.53 Å². The second-order valence-electron chi connectivity index (χ2n) is 7.61. The molecule has 1 aliphatic rings. The van der Waals surface area contributed by atoms with Gasteiger partial charge in [0.25, 0.3) is 5.91 Å². The van der Waals surface area contributed by atoms with Crippen molar-refractivity contribution in [2.75, 3.05) is 36.5 Å². The maximum atomic E-state index is 13.1. The first kappa shape index (κ1) is 20.6. The van der Waals surface area contributed by atoms with Crippen LogP contribution in [0.3, 0.4) is 0 Å². The molecule has 32 heavy (non-hydrogen) atoms. The number of nitrogens with zero attached hydrogens (tertiary/aromatic N) is 2. The molecule has 0 aliphatic carbocycles. The van der Waals surface area contributed by atoms with Gasteiger partial charge in [-0.25, -0.2) is 4.98 Å². The number of aromatic nitrogens is 2. The third-order valence-corrected chi connectivity index (χ3v) is 6.40. The molecule has 3 aromatic carbocycles. The molecule has 1 aromatic heterocycles. The van der Waals surface area contributed by atoms with Gasteiger partial charge in [0.1, 0.15) is 0 Å². The smallest absolute Gasteiger partial charge is 0.255 e. The molecule has 0 unspecified atom stereocenters. The summed E-state index contributed by atoms with van der Waals surface area (Å²) >= 11 is 1.59. The van der Waals surface area contributed by atoms with Gasteiger partial charge in [0, 0.05) is 35.8 Å². The molecule has 2 heterocycles. The molecule has 4 aromatic rings. The number of carbonyl (C=O) groups is 1. The number of ether oxygens (including phenoxy) is 1. The number of fused-ring (bicyclic) bond motifs is 1. The quantitative estimate of drug-likeness (QED) is 0.412. The van der Waals surface area contributed by atoms with Crippen LogP contribution in [0.25, 0.3) is 11.0 Å². The number of aromatic amines is 1. The summed E-state index contributed by atoms with van der Waals surface area (Å²) in [5.41, 5.74) is 5.49. The van der Waals surface area contributed by atoms with Crippen molar-refractivity contribution in [1.29, 1.82) is 0 Å². The van der Waals surface area contributed by atoms with Crippen molar-refractivity contribution in [3.05, 3.63) is 83.9 Å². The topological polar surface area (TPSA) is 70.2 Å². The van der Waals surface area contributed by atoms with Crippen molar-refractivity contribution in [3.8, 4) is 0 Å². The number of benzene rings is 3. The normalized spacial score (nSPS) is 13.9. The van der Waals surface area contributed by atoms with E-state index in [2.05, 4.69) is 26.3 Å². The van der Waals surface area contributed by atoms with Crippen LogP contribution in [0.1, 0.15) is 15.9 Å². The number of imidazole rings is 1. The molecule has 2 N–H and O–H groups in total. The van der Waals surface area contributed by atoms with E-state index < -0.39 is 0 Å². The number of carbonyl (C=O) groups excluding carboxylic acids is 1. The van der Waals surface area contributed by atoms with Crippen LogP contribution in [-0.4, -0.2) is 42.2 Å². The number of hydrogen-bond acceptors (Lipinski definition) is 5. The van der Waals surface area contributed by atoms with E-state index in [1.54, 1.807) is 11.8 Å². The van der Waals surface area contributed by atoms with Gasteiger partial charge in [0.15, 0.2) is 5.16 Å². The molecular weight excluding hydrogens is 420 g/mol. The van der Waals surface area contributed by atoms with E-state index in [1.165, 1.54) is 0 Å². The van der Waals surface area contributed by atoms with Crippen LogP contribution in [0.5, 0.6) is 0 Å². The lowest BCUT2D eigenvalue weighted by atomic mass is 10.1. The molecule has 1 saturated heterocycles. The SMILES string of the molecule is O=C(Nc1cccc(N2CCOCC2)c1)c1ccccc1CSc1nc2ccccc2[nH]1. The highest BCUT2D eigenvalue weighted by molar-refractivity contribution is 7.98. The van der Waals surface area contributed by atoms with Crippen LogP contribution in [0.15, 0.2) is 78.0 Å². The van der Waals surface area contributed by atoms with Gasteiger partial charge in [-0.1, -0.05) is 48.2 Å². The number of amides is 1. The first-order valence-electron chi connectivity index (χ1n) is 10.7. The molecule has 162 valence electrons. The summed E-state index contributed by atoms with van der Waals surface area (Å²) in [6.45, 7) is 3.18. The molecule has 0 spiro atoms. The van der Waals surface area contributed by atoms with Crippen LogP contribution in [0, 0.1) is 0 Å². The minimum absolute atomic E-state index is 0.107. The van der Waals surface area contributed by atoms with E-state index in [0.29, 0.717) is 11.3 Å². The standard InChI is InChI=1S/C25H24N4O2S/c30-24(26-19-7-5-8-20(16-19)29-12-14-31-15-13-29)21-9-2-1-6-18(21)17-32-25-27-22-10-3-4-11-23(22)28-25/h1-11,16H,12-15,17H2,(H,26,30)(H,27,28). The summed E-state index contributed by atoms with van der Waals surface area (Å²) in [4.78, 5) is 23.3. The first-order valence-corrected chi connectivity index (χ1v) is 11.6. The number of thioether (sulfide) groups is 1. The first-order chi connectivity index (χ1) is 15.8. The average Bonchev–Trinajstić information content (AvgIpc) is 3.27. The van der Waals surface area contributed by atoms with Crippen LogP contribution >= 0.6 is 11.8 Å². The Balaban J connectivity index is 1.29. The second-order valence-corrected chi connectivity index (χ2v) is 8.57. The lowest BCUT2D eigenvalue weighted by molar-refractivity contribution is 0.102. The Morgan fingerprint density at radius 2 is 1.84 bits per heavy atom. The summed E-state index contributed by atoms with van der Waals surface area (Å²) in [6, 6.07) is 23.7. The fraction of sp³-hybridized carbons (Fsp3) is 0.200. The Morgan fingerprint density at radius 3 is 2.72 bits per heavy atom. The van der Waals surface area contributed by atoms with Crippen LogP contribution in [-0.2, 0) is 10.5 Å². The largest absolute Gasteiger partial charge is 0.378 e. The number of H-pyrrole nitrogens is 1. The van der Waals surface area contributed by atoms with Gasteiger partial charge in [-0.05, 0) is 42.0 Å². The zero-order valence-electron chi connectivity index (χ0n) is 17.6. The number of nitrogens with one attached hydrogen (secondary N) is 2. The number of para-hydroxylation sites is 2. The Labute approximate surface area is 191 Å². The fourth-order valence-electron chi connectivity index (χ4n) is 3.81. The second kappa shape index (κ2) is 9.46. The lowest BCUT2D eigenvalue weighted by Gasteiger charge is -2.29. The van der Waals surface area contributed by atoms with Crippen LogP contribution < -0.4 is 10.2 Å². The van der Waals surface area contributed by atoms with Crippen molar-refractivity contribution in [2.24, 2.45) is 0 Å². The van der Waals surface area contributed by atoms with E-state index in [0.717, 1.165) is 59.4 Å². The molecule has 1 fully saturated rings. The maximum absolute atomic E-state index is 13.1. The number of morpholine rings is 1. The Morgan fingerprint density at radius 1 is 1.03 bits per heavy atom. The van der Waals surface area contributed by atoms with Gasteiger partial charge in [0.05, 0.1) is 24.2 Å². The summed E-state index contributed by atoms with van der Waals surface area (Å²) in [5, 5.41) is 3.92. The third-order valence-electron chi connectivity index (χ3n) is 5.47. The van der Waals surface area contributed by atoms with Crippen LogP contribution in [0.2, 0.25) is 0 Å². The van der Waals surface area contributed by atoms with E-state index in [4.69, 9.17) is 4.74 Å². The van der Waals surface area contributed by atoms with Crippen molar-refractivity contribution in [1.82, 2.24) is 9.97 Å². The highest BCUT2D eigenvalue weighted by Gasteiger charge is 2.15. The van der Waals surface area contributed by atoms with Crippen molar-refractivity contribution in [2.45, 2.75) is 10.9 Å². The van der Waals surface area contributed by atoms with E-state index in [1.807, 2.05) is 66.7 Å². The molecule has 1 amide bonds. The average molecular weight is 445 g/mol. The summed E-state index contributed by atoms with van der Waals surface area (Å²) in [5.74, 6) is 0.543. The van der Waals surface area contributed by atoms with Gasteiger partial charge >= 0.3 is 0 Å². The van der Waals surface area contributed by atoms with Gasteiger partial charge in [0.2, 0.25) is 0 Å². The maximum Gasteiger partial charge on any atom is 0.255 e. The Bertz CT molecular complexity index is 1200. The Kier molecular flexibility index (Phi) is 6.09. The molecule has 1 aliphatic heterocycles. The van der Waals surface area contributed by atoms with Crippen molar-refractivity contribution in [3.63, 3.8) is 0 Å². The molecule has 6 nitrogen and oxygen atoms in total. The fourth-order valence-corrected chi connectivity index (χ4v) is 4.70. The molecule has 5 rings (SSSR count). The van der Waals surface area contributed by atoms with E-state index in [-0.39, 0.29) is 5.91 Å². The minimum Gasteiger partial charge on any atom is -0.378 e. The highest BCUT2D eigenvalue weighted by Crippen LogP contribution is 2.26. The van der Waals surface area contributed by atoms with E-state index in [9.17, 15) is 4.79 Å². The van der Waals surface area contributed by atoms with Crippen molar-refractivity contribution >= 4 is 40.1 Å². The number of anilines is 2. The number of hydrogen-bond donors (Lipinski definition) is 2.